The average molecular weight is 464 g/mol. The van der Waals surface area contributed by atoms with E-state index in [4.69, 9.17) is 14.5 Å². The average Bonchev–Trinajstić information content (AvgIpc) is 3.09. The number of fused-ring (bicyclic) bond motifs is 2. The van der Waals surface area contributed by atoms with Crippen LogP contribution in [0.5, 0.6) is 5.75 Å². The highest BCUT2D eigenvalue weighted by Gasteiger charge is 2.29. The number of nitrogens with zero attached hydrogens (tertiary/aromatic N) is 3. The first-order valence-corrected chi connectivity index (χ1v) is 13.1. The van der Waals surface area contributed by atoms with E-state index < -0.39 is 0 Å². The number of likely N-dealkylation sites (tertiary alicyclic amines) is 1. The van der Waals surface area contributed by atoms with Gasteiger partial charge in [0.2, 0.25) is 0 Å². The van der Waals surface area contributed by atoms with Crippen LogP contribution in [-0.2, 0) is 11.3 Å². The molecule has 7 nitrogen and oxygen atoms in total. The van der Waals surface area contributed by atoms with Crippen molar-refractivity contribution in [3.05, 3.63) is 41.1 Å². The summed E-state index contributed by atoms with van der Waals surface area (Å²) in [5.74, 6) is 2.49. The summed E-state index contributed by atoms with van der Waals surface area (Å²) in [5, 5.41) is 7.15. The number of nitrogens with one attached hydrogen (secondary N) is 2. The van der Waals surface area contributed by atoms with E-state index in [0.717, 1.165) is 55.2 Å². The number of rotatable bonds is 3. The lowest BCUT2D eigenvalue weighted by atomic mass is 9.87. The Labute approximate surface area is 202 Å². The van der Waals surface area contributed by atoms with E-state index >= 15 is 0 Å². The molecule has 3 fully saturated rings. The molecular formula is C27H37N5O2. The number of aryl methyl sites for hydroxylation is 1. The van der Waals surface area contributed by atoms with Crippen molar-refractivity contribution < 1.29 is 9.47 Å². The zero-order valence-electron chi connectivity index (χ0n) is 20.3. The minimum Gasteiger partial charge on any atom is -0.486 e. The Balaban J connectivity index is 1.21. The summed E-state index contributed by atoms with van der Waals surface area (Å²) < 4.78 is 12.0. The van der Waals surface area contributed by atoms with Gasteiger partial charge in [0.1, 0.15) is 18.2 Å². The Morgan fingerprint density at radius 2 is 1.79 bits per heavy atom. The molecule has 2 aromatic rings. The van der Waals surface area contributed by atoms with Gasteiger partial charge in [0, 0.05) is 31.0 Å². The molecule has 4 aliphatic heterocycles. The highest BCUT2D eigenvalue weighted by molar-refractivity contribution is 5.74. The fraction of sp³-hybridized carbons (Fsp3) is 0.593. The number of aromatic nitrogens is 1. The number of hydrogen-bond donors (Lipinski definition) is 2. The van der Waals surface area contributed by atoms with Crippen LogP contribution in [0.15, 0.2) is 24.4 Å². The van der Waals surface area contributed by atoms with Gasteiger partial charge in [-0.15, -0.1) is 0 Å². The minimum atomic E-state index is 0.532. The molecule has 5 heterocycles. The summed E-state index contributed by atoms with van der Waals surface area (Å²) in [6.45, 7) is 10.8. The van der Waals surface area contributed by atoms with Gasteiger partial charge in [-0.2, -0.15) is 0 Å². The third-order valence-electron chi connectivity index (χ3n) is 8.12. The summed E-state index contributed by atoms with van der Waals surface area (Å²) in [6, 6.07) is 7.57. The number of piperidine rings is 2. The summed E-state index contributed by atoms with van der Waals surface area (Å²) >= 11 is 0. The van der Waals surface area contributed by atoms with E-state index in [1.165, 1.54) is 68.7 Å². The second kappa shape index (κ2) is 9.72. The second-order valence-electron chi connectivity index (χ2n) is 10.2. The lowest BCUT2D eigenvalue weighted by molar-refractivity contribution is 0.122. The number of hydrogen-bond acceptors (Lipinski definition) is 7. The molecule has 0 spiro atoms. The lowest BCUT2D eigenvalue weighted by Gasteiger charge is -2.39. The van der Waals surface area contributed by atoms with E-state index in [2.05, 4.69) is 45.6 Å². The highest BCUT2D eigenvalue weighted by atomic mass is 16.5. The first-order valence-electron chi connectivity index (χ1n) is 13.1. The van der Waals surface area contributed by atoms with Gasteiger partial charge in [0.15, 0.2) is 0 Å². The monoisotopic (exact) mass is 463 g/mol. The highest BCUT2D eigenvalue weighted by Crippen LogP contribution is 2.42. The van der Waals surface area contributed by atoms with Crippen molar-refractivity contribution in [2.45, 2.75) is 51.2 Å². The molecule has 0 amide bonds. The number of anilines is 3. The summed E-state index contributed by atoms with van der Waals surface area (Å²) in [6.07, 6.45) is 6.97. The van der Waals surface area contributed by atoms with Gasteiger partial charge < -0.3 is 29.9 Å². The Kier molecular flexibility index (Phi) is 6.33. The number of ether oxygens (including phenoxy) is 2. The van der Waals surface area contributed by atoms with Crippen LogP contribution >= 0.6 is 0 Å². The predicted molar refractivity (Wildman–Crippen MR) is 136 cm³/mol. The molecule has 0 radical (unpaired) electrons. The molecule has 7 heteroatoms. The van der Waals surface area contributed by atoms with Gasteiger partial charge in [0.25, 0.3) is 0 Å². The van der Waals surface area contributed by atoms with Gasteiger partial charge in [-0.3, -0.25) is 0 Å². The molecule has 2 N–H and O–H groups in total. The van der Waals surface area contributed by atoms with E-state index in [-0.39, 0.29) is 0 Å². The van der Waals surface area contributed by atoms with E-state index in [1.54, 1.807) is 0 Å². The Morgan fingerprint density at radius 1 is 1.00 bits per heavy atom. The first kappa shape index (κ1) is 22.1. The number of morpholine rings is 1. The van der Waals surface area contributed by atoms with Crippen LogP contribution in [0, 0.1) is 6.92 Å². The summed E-state index contributed by atoms with van der Waals surface area (Å²) in [7, 11) is 0. The van der Waals surface area contributed by atoms with E-state index in [0.29, 0.717) is 12.5 Å². The zero-order chi connectivity index (χ0) is 22.9. The van der Waals surface area contributed by atoms with Crippen LogP contribution in [0.3, 0.4) is 0 Å². The van der Waals surface area contributed by atoms with Crippen LogP contribution in [0.4, 0.5) is 17.2 Å². The molecule has 0 bridgehead atoms. The van der Waals surface area contributed by atoms with Crippen LogP contribution in [0.25, 0.3) is 0 Å². The molecule has 0 atom stereocenters. The predicted octanol–water partition coefficient (Wildman–Crippen LogP) is 3.79. The number of pyridine rings is 1. The Hall–Kier alpha value is -2.35. The minimum absolute atomic E-state index is 0.532. The van der Waals surface area contributed by atoms with Gasteiger partial charge >= 0.3 is 0 Å². The van der Waals surface area contributed by atoms with Crippen molar-refractivity contribution >= 4 is 17.2 Å². The Bertz CT molecular complexity index is 1010. The molecule has 0 saturated carbocycles. The van der Waals surface area contributed by atoms with Gasteiger partial charge in [0.05, 0.1) is 24.5 Å². The quantitative estimate of drug-likeness (QED) is 0.718. The molecular weight excluding hydrogens is 426 g/mol. The van der Waals surface area contributed by atoms with Crippen molar-refractivity contribution in [1.29, 1.82) is 0 Å². The van der Waals surface area contributed by atoms with Gasteiger partial charge in [-0.25, -0.2) is 4.98 Å². The topological polar surface area (TPSA) is 61.9 Å². The molecule has 0 aliphatic carbocycles. The maximum atomic E-state index is 6.40. The molecule has 1 aromatic heterocycles. The lowest BCUT2D eigenvalue weighted by Crippen LogP contribution is -2.46. The molecule has 34 heavy (non-hydrogen) atoms. The van der Waals surface area contributed by atoms with E-state index in [1.807, 2.05) is 6.20 Å². The fourth-order valence-electron chi connectivity index (χ4n) is 6.20. The van der Waals surface area contributed by atoms with Crippen molar-refractivity contribution in [3.63, 3.8) is 0 Å². The smallest absolute Gasteiger partial charge is 0.146 e. The molecule has 3 saturated heterocycles. The standard InChI is InChI=1S/C27H37N5O2/c1-19-16-21(20-5-10-31(11-6-20)22-2-7-28-8-3-22)17-24-26(19)34-18-23-25(4-9-29-27(23)30-24)32-12-14-33-15-13-32/h4,9,16-17,20,22,28H,2-3,5-8,10-15,18H2,1H3,(H,29,30). The SMILES string of the molecule is Cc1cc(C2CCN(C3CCNCC3)CC2)cc2c1OCc1c(N3CCOCC3)ccnc1N2. The second-order valence-corrected chi connectivity index (χ2v) is 10.2. The molecule has 0 unspecified atom stereocenters. The normalized spacial score (nSPS) is 22.3. The van der Waals surface area contributed by atoms with Crippen LogP contribution in [0.2, 0.25) is 0 Å². The zero-order valence-corrected chi connectivity index (χ0v) is 20.3. The van der Waals surface area contributed by atoms with Gasteiger partial charge in [-0.1, -0.05) is 6.07 Å². The van der Waals surface area contributed by atoms with Gasteiger partial charge in [-0.05, 0) is 88.0 Å². The molecule has 4 aliphatic rings. The van der Waals surface area contributed by atoms with Crippen molar-refractivity contribution in [2.24, 2.45) is 0 Å². The maximum absolute atomic E-state index is 6.40. The maximum Gasteiger partial charge on any atom is 0.146 e. The van der Waals surface area contributed by atoms with Crippen LogP contribution in [-0.4, -0.2) is 68.4 Å². The van der Waals surface area contributed by atoms with Crippen LogP contribution < -0.4 is 20.3 Å². The van der Waals surface area contributed by atoms with Crippen LogP contribution in [0.1, 0.15) is 48.3 Å². The molecule has 1 aromatic carbocycles. The van der Waals surface area contributed by atoms with Crippen molar-refractivity contribution in [2.75, 3.05) is 62.7 Å². The first-order chi connectivity index (χ1) is 16.8. The fourth-order valence-corrected chi connectivity index (χ4v) is 6.20. The molecule has 6 rings (SSSR count). The summed E-state index contributed by atoms with van der Waals surface area (Å²) in [4.78, 5) is 9.83. The number of benzene rings is 1. The third-order valence-corrected chi connectivity index (χ3v) is 8.12. The largest absolute Gasteiger partial charge is 0.486 e. The third kappa shape index (κ3) is 4.37. The summed E-state index contributed by atoms with van der Waals surface area (Å²) in [5.41, 5.74) is 6.04. The van der Waals surface area contributed by atoms with E-state index in [9.17, 15) is 0 Å². The molecule has 182 valence electrons. The van der Waals surface area contributed by atoms with Crippen molar-refractivity contribution in [1.82, 2.24) is 15.2 Å². The van der Waals surface area contributed by atoms with Crippen molar-refractivity contribution in [3.8, 4) is 5.75 Å². The Morgan fingerprint density at radius 3 is 2.59 bits per heavy atom.